The summed E-state index contributed by atoms with van der Waals surface area (Å²) in [6.07, 6.45) is 0. The van der Waals surface area contributed by atoms with Crippen molar-refractivity contribution in [3.63, 3.8) is 0 Å². The first-order valence-corrected chi connectivity index (χ1v) is 5.05. The second-order valence-corrected chi connectivity index (χ2v) is 4.56. The fraction of sp³-hybridized carbons (Fsp3) is 0.375. The van der Waals surface area contributed by atoms with Crippen LogP contribution in [0.1, 0.15) is 13.8 Å². The molecule has 2 heterocycles. The summed E-state index contributed by atoms with van der Waals surface area (Å²) in [7, 11) is 0. The Kier molecular flexibility index (Phi) is 2.00. The summed E-state index contributed by atoms with van der Waals surface area (Å²) < 4.78 is 0. The summed E-state index contributed by atoms with van der Waals surface area (Å²) in [6.45, 7) is 3.93. The van der Waals surface area contributed by atoms with Crippen LogP contribution in [0.5, 0.6) is 0 Å². The van der Waals surface area contributed by atoms with E-state index in [1.165, 1.54) is 11.8 Å². The highest BCUT2D eigenvalue weighted by Gasteiger charge is 2.34. The van der Waals surface area contributed by atoms with Crippen molar-refractivity contribution in [3.8, 4) is 0 Å². The van der Waals surface area contributed by atoms with Gasteiger partial charge in [-0.05, 0) is 24.3 Å². The van der Waals surface area contributed by atoms with Gasteiger partial charge in [-0.3, -0.25) is 9.79 Å². The van der Waals surface area contributed by atoms with Gasteiger partial charge in [0, 0.05) is 5.17 Å². The van der Waals surface area contributed by atoms with Crippen molar-refractivity contribution in [3.05, 3.63) is 10.5 Å². The SMILES string of the molecule is CC1=C(C)C2C(=O)N=C([S-])N=C2S1. The maximum absolute atomic E-state index is 11.5. The number of nitrogens with zero attached hydrogens (tertiary/aromatic N) is 2. The molecule has 0 aromatic rings. The molecule has 3 nitrogen and oxygen atoms in total. The van der Waals surface area contributed by atoms with Gasteiger partial charge in [0.15, 0.2) is 0 Å². The van der Waals surface area contributed by atoms with E-state index in [1.807, 2.05) is 13.8 Å². The van der Waals surface area contributed by atoms with Gasteiger partial charge in [-0.15, -0.1) is 0 Å². The largest absolute Gasteiger partial charge is 0.740 e. The van der Waals surface area contributed by atoms with Gasteiger partial charge >= 0.3 is 0 Å². The third-order valence-corrected chi connectivity index (χ3v) is 3.50. The maximum Gasteiger partial charge on any atom is 0.259 e. The van der Waals surface area contributed by atoms with Crippen LogP contribution < -0.4 is 0 Å². The number of amidine groups is 1. The molecule has 1 atom stereocenters. The zero-order valence-corrected chi connectivity index (χ0v) is 8.83. The van der Waals surface area contributed by atoms with Gasteiger partial charge in [0.2, 0.25) is 0 Å². The molecule has 0 fully saturated rings. The van der Waals surface area contributed by atoms with E-state index in [2.05, 4.69) is 9.98 Å². The summed E-state index contributed by atoms with van der Waals surface area (Å²) in [5.41, 5.74) is 1.06. The molecule has 13 heavy (non-hydrogen) atoms. The Morgan fingerprint density at radius 1 is 1.38 bits per heavy atom. The lowest BCUT2D eigenvalue weighted by Gasteiger charge is -2.17. The first-order valence-electron chi connectivity index (χ1n) is 3.83. The maximum atomic E-state index is 11.5. The number of fused-ring (bicyclic) bond motifs is 1. The fourth-order valence-corrected chi connectivity index (χ4v) is 2.71. The Bertz CT molecular complexity index is 382. The van der Waals surface area contributed by atoms with Crippen LogP contribution in [0, 0.1) is 5.92 Å². The number of hydrogen-bond donors (Lipinski definition) is 0. The average Bonchev–Trinajstić information content (AvgIpc) is 2.27. The van der Waals surface area contributed by atoms with Crippen molar-refractivity contribution in [1.82, 2.24) is 0 Å². The van der Waals surface area contributed by atoms with E-state index in [1.54, 1.807) is 0 Å². The number of carbonyl (C=O) groups excluding carboxylic acids is 1. The van der Waals surface area contributed by atoms with Gasteiger partial charge in [0.05, 0.1) is 5.04 Å². The van der Waals surface area contributed by atoms with Crippen molar-refractivity contribution in [2.24, 2.45) is 15.9 Å². The second kappa shape index (κ2) is 2.92. The van der Waals surface area contributed by atoms with Gasteiger partial charge in [0.25, 0.3) is 5.91 Å². The number of thioether (sulfide) groups is 1. The van der Waals surface area contributed by atoms with Gasteiger partial charge in [-0.25, -0.2) is 4.99 Å². The van der Waals surface area contributed by atoms with E-state index in [9.17, 15) is 4.79 Å². The van der Waals surface area contributed by atoms with Crippen LogP contribution in [0.4, 0.5) is 0 Å². The number of amides is 1. The van der Waals surface area contributed by atoms with Crippen molar-refractivity contribution in [2.45, 2.75) is 13.8 Å². The van der Waals surface area contributed by atoms with E-state index < -0.39 is 0 Å². The second-order valence-electron chi connectivity index (χ2n) is 2.96. The summed E-state index contributed by atoms with van der Waals surface area (Å²) in [4.78, 5) is 20.3. The quantitative estimate of drug-likeness (QED) is 0.570. The van der Waals surface area contributed by atoms with E-state index in [0.717, 1.165) is 15.5 Å². The Labute approximate surface area is 85.8 Å². The predicted molar refractivity (Wildman–Crippen MR) is 56.7 cm³/mol. The van der Waals surface area contributed by atoms with Crippen molar-refractivity contribution in [1.29, 1.82) is 0 Å². The molecule has 1 amide bonds. The standard InChI is InChI=1S/C8H8N2OS2/c1-3-4(2)13-7-5(3)6(11)9-8(12)10-7/h5H,1-2H3,(H,9,11,12)/p-1. The van der Waals surface area contributed by atoms with Crippen LogP contribution in [0.3, 0.4) is 0 Å². The van der Waals surface area contributed by atoms with Gasteiger partial charge in [0.1, 0.15) is 5.92 Å². The molecule has 0 N–H and O–H groups in total. The van der Waals surface area contributed by atoms with Crippen LogP contribution >= 0.6 is 11.8 Å². The number of rotatable bonds is 0. The molecule has 68 valence electrons. The third kappa shape index (κ3) is 1.32. The first kappa shape index (κ1) is 8.90. The third-order valence-electron chi connectivity index (χ3n) is 2.15. The molecule has 2 aliphatic heterocycles. The molecule has 5 heteroatoms. The molecule has 0 bridgehead atoms. The smallest absolute Gasteiger partial charge is 0.259 e. The van der Waals surface area contributed by atoms with Crippen LogP contribution in [-0.4, -0.2) is 16.1 Å². The highest BCUT2D eigenvalue weighted by Crippen LogP contribution is 2.39. The van der Waals surface area contributed by atoms with Crippen molar-refractivity contribution in [2.75, 3.05) is 0 Å². The summed E-state index contributed by atoms with van der Waals surface area (Å²) in [5, 5.41) is 0.950. The minimum atomic E-state index is -0.239. The molecule has 0 aromatic carbocycles. The van der Waals surface area contributed by atoms with E-state index in [4.69, 9.17) is 12.6 Å². The average molecular weight is 211 g/mol. The Hall–Kier alpha value is -0.680. The molecule has 0 saturated carbocycles. The zero-order chi connectivity index (χ0) is 9.59. The van der Waals surface area contributed by atoms with Crippen molar-refractivity contribution < 1.29 is 4.79 Å². The number of aliphatic imine (C=N–C) groups is 2. The number of allylic oxidation sites excluding steroid dienone is 1. The molecule has 0 aromatic heterocycles. The summed E-state index contributed by atoms with van der Waals surface area (Å²) in [5.74, 6) is -0.409. The van der Waals surface area contributed by atoms with E-state index in [-0.39, 0.29) is 17.0 Å². The predicted octanol–water partition coefficient (Wildman–Crippen LogP) is 1.48. The summed E-state index contributed by atoms with van der Waals surface area (Å²) in [6, 6.07) is 0. The molecule has 1 unspecified atom stereocenters. The molecule has 0 radical (unpaired) electrons. The highest BCUT2D eigenvalue weighted by atomic mass is 32.2. The van der Waals surface area contributed by atoms with Crippen LogP contribution in [0.25, 0.3) is 0 Å². The lowest BCUT2D eigenvalue weighted by Crippen LogP contribution is -2.23. The van der Waals surface area contributed by atoms with Crippen LogP contribution in [0.15, 0.2) is 20.5 Å². The summed E-state index contributed by atoms with van der Waals surface area (Å²) >= 11 is 6.30. The monoisotopic (exact) mass is 211 g/mol. The normalized spacial score (nSPS) is 27.2. The van der Waals surface area contributed by atoms with Gasteiger partial charge < -0.3 is 12.6 Å². The molecule has 2 rings (SSSR count). The molecule has 0 saturated heterocycles. The zero-order valence-electron chi connectivity index (χ0n) is 7.20. The molecule has 0 spiro atoms. The lowest BCUT2D eigenvalue weighted by atomic mass is 10.0. The molecule has 2 aliphatic rings. The van der Waals surface area contributed by atoms with Crippen LogP contribution in [0.2, 0.25) is 0 Å². The van der Waals surface area contributed by atoms with Crippen LogP contribution in [-0.2, 0) is 17.4 Å². The van der Waals surface area contributed by atoms with Gasteiger partial charge in [-0.1, -0.05) is 11.8 Å². The number of hydrogen-bond acceptors (Lipinski definition) is 4. The Morgan fingerprint density at radius 3 is 2.77 bits per heavy atom. The minimum absolute atomic E-state index is 0.159. The highest BCUT2D eigenvalue weighted by molar-refractivity contribution is 8.17. The fourth-order valence-electron chi connectivity index (χ4n) is 1.34. The first-order chi connectivity index (χ1) is 6.09. The van der Waals surface area contributed by atoms with E-state index >= 15 is 0 Å². The lowest BCUT2D eigenvalue weighted by molar-refractivity contribution is -0.118. The Morgan fingerprint density at radius 2 is 2.08 bits per heavy atom. The van der Waals surface area contributed by atoms with Gasteiger partial charge in [-0.2, -0.15) is 0 Å². The number of carbonyl (C=O) groups is 1. The molecular weight excluding hydrogens is 204 g/mol. The molecular formula is C8H7N2OS2-. The van der Waals surface area contributed by atoms with E-state index in [0.29, 0.717) is 0 Å². The topological polar surface area (TPSA) is 41.8 Å². The Balaban J connectivity index is 2.46. The van der Waals surface area contributed by atoms with Crippen molar-refractivity contribution >= 4 is 40.5 Å². The minimum Gasteiger partial charge on any atom is -0.740 e. The molecule has 0 aliphatic carbocycles.